The number of nitrogens with one attached hydrogen (secondary N) is 1. The highest BCUT2D eigenvalue weighted by atomic mass is 32.2. The van der Waals surface area contributed by atoms with E-state index in [1.165, 1.54) is 12.1 Å². The first-order valence-electron chi connectivity index (χ1n) is 5.72. The van der Waals surface area contributed by atoms with Gasteiger partial charge in [-0.2, -0.15) is 0 Å². The van der Waals surface area contributed by atoms with E-state index in [1.54, 1.807) is 4.72 Å². The van der Waals surface area contributed by atoms with Gasteiger partial charge in [0.05, 0.1) is 12.3 Å². The quantitative estimate of drug-likeness (QED) is 0.910. The molecule has 2 aromatic rings. The Morgan fingerprint density at radius 2 is 1.57 bits per heavy atom. The minimum Gasteiger partial charge on any atom is -0.392 e. The van der Waals surface area contributed by atoms with Crippen molar-refractivity contribution in [1.82, 2.24) is 0 Å². The Kier molecular flexibility index (Phi) is 4.19. The van der Waals surface area contributed by atoms with Crippen molar-refractivity contribution in [2.75, 3.05) is 4.72 Å². The highest BCUT2D eigenvalue weighted by Gasteiger charge is 2.25. The van der Waals surface area contributed by atoms with Crippen LogP contribution in [0.4, 0.5) is 18.9 Å². The molecule has 0 bridgehead atoms. The summed E-state index contributed by atoms with van der Waals surface area (Å²) in [5, 5.41) is 8.91. The fraction of sp³-hybridized carbons (Fsp3) is 0.0769. The van der Waals surface area contributed by atoms with Crippen LogP contribution < -0.4 is 4.72 Å². The van der Waals surface area contributed by atoms with Crippen molar-refractivity contribution in [2.24, 2.45) is 0 Å². The lowest BCUT2D eigenvalue weighted by Gasteiger charge is -2.11. The van der Waals surface area contributed by atoms with Crippen LogP contribution in [0.15, 0.2) is 41.3 Å². The van der Waals surface area contributed by atoms with Crippen molar-refractivity contribution in [3.05, 3.63) is 59.4 Å². The number of aliphatic hydroxyl groups excluding tert-OH is 1. The third kappa shape index (κ3) is 3.01. The first kappa shape index (κ1) is 15.3. The summed E-state index contributed by atoms with van der Waals surface area (Å²) < 4.78 is 66.6. The maximum Gasteiger partial charge on any atom is 0.267 e. The number of hydrogen-bond donors (Lipinski definition) is 2. The van der Waals surface area contributed by atoms with Crippen molar-refractivity contribution in [3.63, 3.8) is 0 Å². The zero-order valence-corrected chi connectivity index (χ0v) is 11.3. The molecule has 0 spiro atoms. The first-order chi connectivity index (χ1) is 9.86. The molecule has 0 aliphatic carbocycles. The van der Waals surface area contributed by atoms with Gasteiger partial charge in [0.15, 0.2) is 10.7 Å². The zero-order valence-electron chi connectivity index (χ0n) is 10.5. The molecule has 112 valence electrons. The summed E-state index contributed by atoms with van der Waals surface area (Å²) >= 11 is 0. The van der Waals surface area contributed by atoms with E-state index in [1.807, 2.05) is 0 Å². The third-order valence-electron chi connectivity index (χ3n) is 2.68. The smallest absolute Gasteiger partial charge is 0.267 e. The lowest BCUT2D eigenvalue weighted by Crippen LogP contribution is -2.17. The average Bonchev–Trinajstić information content (AvgIpc) is 2.40. The van der Waals surface area contributed by atoms with Crippen molar-refractivity contribution >= 4 is 15.7 Å². The molecule has 8 heteroatoms. The fourth-order valence-corrected chi connectivity index (χ4v) is 2.91. The number of sulfonamides is 1. The summed E-state index contributed by atoms with van der Waals surface area (Å²) in [4.78, 5) is -1.20. The summed E-state index contributed by atoms with van der Waals surface area (Å²) in [6.07, 6.45) is 0. The van der Waals surface area contributed by atoms with E-state index >= 15 is 0 Å². The number of rotatable bonds is 4. The van der Waals surface area contributed by atoms with Gasteiger partial charge in [-0.05, 0) is 18.2 Å². The van der Waals surface area contributed by atoms with Crippen LogP contribution >= 0.6 is 0 Å². The topological polar surface area (TPSA) is 66.4 Å². The van der Waals surface area contributed by atoms with Gasteiger partial charge in [-0.3, -0.25) is 4.72 Å². The minimum absolute atomic E-state index is 0.149. The van der Waals surface area contributed by atoms with Crippen molar-refractivity contribution in [3.8, 4) is 0 Å². The molecule has 0 saturated carbocycles. The third-order valence-corrected chi connectivity index (χ3v) is 4.10. The Morgan fingerprint density at radius 3 is 2.14 bits per heavy atom. The van der Waals surface area contributed by atoms with E-state index in [2.05, 4.69) is 0 Å². The molecule has 0 unspecified atom stereocenters. The van der Waals surface area contributed by atoms with Crippen LogP contribution in [0.3, 0.4) is 0 Å². The highest BCUT2D eigenvalue weighted by molar-refractivity contribution is 7.92. The Morgan fingerprint density at radius 1 is 1.00 bits per heavy atom. The summed E-state index contributed by atoms with van der Waals surface area (Å²) in [7, 11) is -4.64. The molecule has 0 aliphatic heterocycles. The predicted octanol–water partition coefficient (Wildman–Crippen LogP) is 2.40. The van der Waals surface area contributed by atoms with Crippen molar-refractivity contribution in [1.29, 1.82) is 0 Å². The van der Waals surface area contributed by atoms with Gasteiger partial charge in [-0.25, -0.2) is 21.6 Å². The van der Waals surface area contributed by atoms with E-state index < -0.39 is 44.7 Å². The second-order valence-corrected chi connectivity index (χ2v) is 5.71. The van der Waals surface area contributed by atoms with E-state index in [-0.39, 0.29) is 5.56 Å². The molecule has 2 N–H and O–H groups in total. The molecule has 0 aliphatic rings. The molecule has 0 saturated heterocycles. The first-order valence-corrected chi connectivity index (χ1v) is 7.20. The summed E-state index contributed by atoms with van der Waals surface area (Å²) in [6, 6.07) is 6.18. The molecular weight excluding hydrogens is 307 g/mol. The summed E-state index contributed by atoms with van der Waals surface area (Å²) in [6.45, 7) is -0.643. The lowest BCUT2D eigenvalue weighted by molar-refractivity contribution is 0.276. The summed E-state index contributed by atoms with van der Waals surface area (Å²) in [5.41, 5.74) is -0.659. The van der Waals surface area contributed by atoms with Crippen molar-refractivity contribution < 1.29 is 26.7 Å². The zero-order chi connectivity index (χ0) is 15.6. The number of benzene rings is 2. The summed E-state index contributed by atoms with van der Waals surface area (Å²) in [5.74, 6) is -3.59. The van der Waals surface area contributed by atoms with Gasteiger partial charge >= 0.3 is 0 Å². The molecule has 0 heterocycles. The highest BCUT2D eigenvalue weighted by Crippen LogP contribution is 2.24. The van der Waals surface area contributed by atoms with Crippen LogP contribution in [0.1, 0.15) is 5.56 Å². The molecule has 0 atom stereocenters. The van der Waals surface area contributed by atoms with Gasteiger partial charge in [0.25, 0.3) is 10.0 Å². The van der Waals surface area contributed by atoms with Gasteiger partial charge in [-0.15, -0.1) is 0 Å². The van der Waals surface area contributed by atoms with E-state index in [0.29, 0.717) is 0 Å². The molecule has 2 rings (SSSR count). The molecule has 0 fully saturated rings. The molecule has 21 heavy (non-hydrogen) atoms. The molecule has 2 aromatic carbocycles. The number of aliphatic hydroxyl groups is 1. The van der Waals surface area contributed by atoms with Crippen LogP contribution in [0.2, 0.25) is 0 Å². The van der Waals surface area contributed by atoms with Gasteiger partial charge in [0.2, 0.25) is 0 Å². The van der Waals surface area contributed by atoms with Gasteiger partial charge in [0.1, 0.15) is 11.6 Å². The number of anilines is 1. The Labute approximate surface area is 118 Å². The number of halogens is 3. The maximum absolute atomic E-state index is 13.8. The predicted molar refractivity (Wildman–Crippen MR) is 69.5 cm³/mol. The maximum atomic E-state index is 13.8. The van der Waals surface area contributed by atoms with E-state index in [9.17, 15) is 21.6 Å². The van der Waals surface area contributed by atoms with Crippen LogP contribution in [0, 0.1) is 17.5 Å². The molecule has 0 radical (unpaired) electrons. The normalized spacial score (nSPS) is 11.4. The van der Waals surface area contributed by atoms with Gasteiger partial charge in [-0.1, -0.05) is 18.2 Å². The standard InChI is InChI=1S/C13H10F3NO3S/c14-9-4-2-5-10(15)13(9)21(19,20)17-11-6-1-3-8(7-18)12(11)16/h1-6,17-18H,7H2. The average molecular weight is 317 g/mol. The lowest BCUT2D eigenvalue weighted by atomic mass is 10.2. The van der Waals surface area contributed by atoms with E-state index in [4.69, 9.17) is 5.11 Å². The molecule has 0 amide bonds. The van der Waals surface area contributed by atoms with Crippen LogP contribution in [0.25, 0.3) is 0 Å². The van der Waals surface area contributed by atoms with E-state index in [0.717, 1.165) is 24.3 Å². The molecule has 4 nitrogen and oxygen atoms in total. The minimum atomic E-state index is -4.64. The van der Waals surface area contributed by atoms with Gasteiger partial charge in [0, 0.05) is 5.56 Å². The number of hydrogen-bond acceptors (Lipinski definition) is 3. The van der Waals surface area contributed by atoms with Crippen LogP contribution in [0.5, 0.6) is 0 Å². The monoisotopic (exact) mass is 317 g/mol. The fourth-order valence-electron chi connectivity index (χ4n) is 1.72. The Hall–Kier alpha value is -2.06. The SMILES string of the molecule is O=S(=O)(Nc1cccc(CO)c1F)c1c(F)cccc1F. The second-order valence-electron chi connectivity index (χ2n) is 4.09. The van der Waals surface area contributed by atoms with Crippen molar-refractivity contribution in [2.45, 2.75) is 11.5 Å². The largest absolute Gasteiger partial charge is 0.392 e. The Bertz CT molecular complexity index is 758. The van der Waals surface area contributed by atoms with Gasteiger partial charge < -0.3 is 5.11 Å². The van der Waals surface area contributed by atoms with Crippen LogP contribution in [-0.4, -0.2) is 13.5 Å². The molecular formula is C13H10F3NO3S. The van der Waals surface area contributed by atoms with Crippen LogP contribution in [-0.2, 0) is 16.6 Å². The Balaban J connectivity index is 2.48. The second kappa shape index (κ2) is 5.74. The molecule has 0 aromatic heterocycles.